The fraction of sp³-hybridized carbons (Fsp3) is 0.500. The fourth-order valence-electron chi connectivity index (χ4n) is 2.33. The number of alkyl halides is 3. The lowest BCUT2D eigenvalue weighted by Gasteiger charge is -2.10. The largest absolute Gasteiger partial charge is 0.573 e. The Hall–Kier alpha value is -1.81. The third kappa shape index (κ3) is 4.84. The van der Waals surface area contributed by atoms with Gasteiger partial charge in [0.05, 0.1) is 12.6 Å². The number of hydrogen-bond acceptors (Lipinski definition) is 6. The van der Waals surface area contributed by atoms with E-state index < -0.39 is 6.36 Å². The van der Waals surface area contributed by atoms with Gasteiger partial charge in [0.2, 0.25) is 5.16 Å². The van der Waals surface area contributed by atoms with Crippen molar-refractivity contribution < 1.29 is 22.6 Å². The predicted octanol–water partition coefficient (Wildman–Crippen LogP) is 3.04. The summed E-state index contributed by atoms with van der Waals surface area (Å²) in [6.07, 6.45) is -2.51. The highest BCUT2D eigenvalue weighted by molar-refractivity contribution is 7.98. The Labute approximate surface area is 140 Å². The van der Waals surface area contributed by atoms with E-state index in [0.29, 0.717) is 17.5 Å². The van der Waals surface area contributed by atoms with Gasteiger partial charge in [0.15, 0.2) is 0 Å². The van der Waals surface area contributed by atoms with E-state index in [1.165, 1.54) is 23.9 Å². The molecular formula is C14H15F3N4O2S. The lowest BCUT2D eigenvalue weighted by Crippen LogP contribution is -2.17. The van der Waals surface area contributed by atoms with Crippen molar-refractivity contribution in [1.82, 2.24) is 20.2 Å². The number of benzene rings is 1. The lowest BCUT2D eigenvalue weighted by molar-refractivity contribution is -0.274. The first kappa shape index (κ1) is 17.0. The standard InChI is InChI=1S/C14H15F3N4O2S/c15-14(16,17)23-11-5-3-10(4-6-11)9-24-13-18-19-20-21(13)8-12-2-1-7-22-12/h3-6,12H,1-2,7-9H2. The van der Waals surface area contributed by atoms with Crippen molar-refractivity contribution in [2.45, 2.75) is 42.8 Å². The summed E-state index contributed by atoms with van der Waals surface area (Å²) in [4.78, 5) is 0. The van der Waals surface area contributed by atoms with Gasteiger partial charge in [-0.2, -0.15) is 0 Å². The molecule has 1 aromatic carbocycles. The van der Waals surface area contributed by atoms with Crippen LogP contribution < -0.4 is 4.74 Å². The van der Waals surface area contributed by atoms with E-state index in [1.54, 1.807) is 16.8 Å². The summed E-state index contributed by atoms with van der Waals surface area (Å²) < 4.78 is 47.5. The van der Waals surface area contributed by atoms with E-state index in [4.69, 9.17) is 4.74 Å². The predicted molar refractivity (Wildman–Crippen MR) is 79.5 cm³/mol. The van der Waals surface area contributed by atoms with Crippen LogP contribution in [-0.2, 0) is 17.0 Å². The molecule has 0 saturated carbocycles. The highest BCUT2D eigenvalue weighted by Gasteiger charge is 2.30. The SMILES string of the molecule is FC(F)(F)Oc1ccc(CSc2nnnn2CC2CCCO2)cc1. The Bertz CT molecular complexity index is 657. The zero-order chi connectivity index (χ0) is 17.0. The van der Waals surface area contributed by atoms with Crippen molar-refractivity contribution in [2.24, 2.45) is 0 Å². The topological polar surface area (TPSA) is 62.1 Å². The molecule has 1 saturated heterocycles. The van der Waals surface area contributed by atoms with E-state index in [2.05, 4.69) is 20.3 Å². The van der Waals surface area contributed by atoms with Crippen LogP contribution in [0.4, 0.5) is 13.2 Å². The first-order valence-corrected chi connectivity index (χ1v) is 8.33. The van der Waals surface area contributed by atoms with Crippen molar-refractivity contribution in [3.05, 3.63) is 29.8 Å². The van der Waals surface area contributed by atoms with E-state index in [1.807, 2.05) is 0 Å². The van der Waals surface area contributed by atoms with Crippen LogP contribution in [0.1, 0.15) is 18.4 Å². The molecular weight excluding hydrogens is 345 g/mol. The molecule has 2 aromatic rings. The number of ether oxygens (including phenoxy) is 2. The highest BCUT2D eigenvalue weighted by atomic mass is 32.2. The minimum Gasteiger partial charge on any atom is -0.406 e. The number of hydrogen-bond donors (Lipinski definition) is 0. The second-order valence-electron chi connectivity index (χ2n) is 5.26. The molecule has 1 aromatic heterocycles. The van der Waals surface area contributed by atoms with Gasteiger partial charge in [-0.05, 0) is 41.0 Å². The Kier molecular flexibility index (Phi) is 5.24. The summed E-state index contributed by atoms with van der Waals surface area (Å²) in [5.41, 5.74) is 0.848. The molecule has 2 heterocycles. The molecule has 0 amide bonds. The van der Waals surface area contributed by atoms with Crippen molar-refractivity contribution in [3.8, 4) is 5.75 Å². The van der Waals surface area contributed by atoms with Crippen molar-refractivity contribution in [3.63, 3.8) is 0 Å². The van der Waals surface area contributed by atoms with Gasteiger partial charge in [-0.15, -0.1) is 18.3 Å². The second-order valence-corrected chi connectivity index (χ2v) is 6.20. The normalized spacial score (nSPS) is 18.0. The zero-order valence-electron chi connectivity index (χ0n) is 12.6. The maximum absolute atomic E-state index is 12.1. The van der Waals surface area contributed by atoms with E-state index >= 15 is 0 Å². The second kappa shape index (κ2) is 7.39. The minimum atomic E-state index is -4.68. The van der Waals surface area contributed by atoms with E-state index in [0.717, 1.165) is 25.0 Å². The molecule has 0 aliphatic carbocycles. The zero-order valence-corrected chi connectivity index (χ0v) is 13.4. The van der Waals surface area contributed by atoms with Gasteiger partial charge in [-0.25, -0.2) is 4.68 Å². The van der Waals surface area contributed by atoms with Gasteiger partial charge in [0, 0.05) is 12.4 Å². The molecule has 1 unspecified atom stereocenters. The summed E-state index contributed by atoms with van der Waals surface area (Å²) in [5.74, 6) is 0.303. The van der Waals surface area contributed by atoms with Gasteiger partial charge >= 0.3 is 6.36 Å². The Balaban J connectivity index is 1.55. The summed E-state index contributed by atoms with van der Waals surface area (Å²) in [5, 5.41) is 12.3. The van der Waals surface area contributed by atoms with Crippen LogP contribution in [0.3, 0.4) is 0 Å². The van der Waals surface area contributed by atoms with Gasteiger partial charge in [0.1, 0.15) is 5.75 Å². The molecule has 3 rings (SSSR count). The maximum atomic E-state index is 12.1. The molecule has 0 spiro atoms. The summed E-state index contributed by atoms with van der Waals surface area (Å²) in [7, 11) is 0. The van der Waals surface area contributed by atoms with Crippen molar-refractivity contribution in [1.29, 1.82) is 0 Å². The number of tetrazole rings is 1. The van der Waals surface area contributed by atoms with Crippen molar-refractivity contribution in [2.75, 3.05) is 6.61 Å². The first-order chi connectivity index (χ1) is 11.5. The van der Waals surface area contributed by atoms with Crippen LogP contribution in [-0.4, -0.2) is 39.3 Å². The Morgan fingerprint density at radius 1 is 1.29 bits per heavy atom. The van der Waals surface area contributed by atoms with Gasteiger partial charge < -0.3 is 9.47 Å². The number of rotatable bonds is 6. The molecule has 1 aliphatic rings. The molecule has 1 aliphatic heterocycles. The molecule has 0 bridgehead atoms. The van der Waals surface area contributed by atoms with Crippen LogP contribution in [0.15, 0.2) is 29.4 Å². The Morgan fingerprint density at radius 2 is 2.08 bits per heavy atom. The Morgan fingerprint density at radius 3 is 2.75 bits per heavy atom. The molecule has 6 nitrogen and oxygen atoms in total. The van der Waals surface area contributed by atoms with Crippen LogP contribution in [0, 0.1) is 0 Å². The van der Waals surface area contributed by atoms with Crippen LogP contribution >= 0.6 is 11.8 Å². The van der Waals surface area contributed by atoms with Crippen LogP contribution in [0.2, 0.25) is 0 Å². The van der Waals surface area contributed by atoms with E-state index in [-0.39, 0.29) is 11.9 Å². The molecule has 1 fully saturated rings. The third-order valence-electron chi connectivity index (χ3n) is 3.42. The monoisotopic (exact) mass is 360 g/mol. The van der Waals surface area contributed by atoms with Crippen molar-refractivity contribution >= 4 is 11.8 Å². The average Bonchev–Trinajstić information content (AvgIpc) is 3.17. The number of thioether (sulfide) groups is 1. The van der Waals surface area contributed by atoms with Gasteiger partial charge in [-0.3, -0.25) is 0 Å². The highest BCUT2D eigenvalue weighted by Crippen LogP contribution is 2.26. The summed E-state index contributed by atoms with van der Waals surface area (Å²) in [6.45, 7) is 1.37. The molecule has 1 atom stereocenters. The third-order valence-corrected chi connectivity index (χ3v) is 4.45. The van der Waals surface area contributed by atoms with E-state index in [9.17, 15) is 13.2 Å². The smallest absolute Gasteiger partial charge is 0.406 e. The number of nitrogens with zero attached hydrogens (tertiary/aromatic N) is 4. The molecule has 24 heavy (non-hydrogen) atoms. The fourth-order valence-corrected chi connectivity index (χ4v) is 3.17. The van der Waals surface area contributed by atoms with Crippen LogP contribution in [0.25, 0.3) is 0 Å². The summed E-state index contributed by atoms with van der Waals surface area (Å²) >= 11 is 1.42. The molecule has 0 N–H and O–H groups in total. The average molecular weight is 360 g/mol. The van der Waals surface area contributed by atoms with Gasteiger partial charge in [0.25, 0.3) is 0 Å². The quantitative estimate of drug-likeness (QED) is 0.738. The maximum Gasteiger partial charge on any atom is 0.573 e. The molecule has 0 radical (unpaired) electrons. The minimum absolute atomic E-state index is 0.131. The first-order valence-electron chi connectivity index (χ1n) is 7.35. The van der Waals surface area contributed by atoms with Crippen LogP contribution in [0.5, 0.6) is 5.75 Å². The lowest BCUT2D eigenvalue weighted by atomic mass is 10.2. The molecule has 10 heteroatoms. The number of halogens is 3. The summed E-state index contributed by atoms with van der Waals surface area (Å²) in [6, 6.07) is 5.75. The number of aromatic nitrogens is 4. The molecule has 130 valence electrons. The van der Waals surface area contributed by atoms with Gasteiger partial charge in [-0.1, -0.05) is 23.9 Å².